The van der Waals surface area contributed by atoms with Crippen LogP contribution in [0.3, 0.4) is 0 Å². The Hall–Kier alpha value is -2.25. The number of benzene rings is 1. The maximum Gasteiger partial charge on any atom is 0.490 e. The number of aliphatic carboxylic acids is 1. The summed E-state index contributed by atoms with van der Waals surface area (Å²) < 4.78 is 60.1. The van der Waals surface area contributed by atoms with Gasteiger partial charge in [-0.05, 0) is 19.4 Å². The van der Waals surface area contributed by atoms with Gasteiger partial charge in [0, 0.05) is 13.7 Å². The van der Waals surface area contributed by atoms with Crippen LogP contribution in [0.2, 0.25) is 0 Å². The van der Waals surface area contributed by atoms with Crippen LogP contribution in [0, 0.1) is 5.92 Å². The van der Waals surface area contributed by atoms with Gasteiger partial charge in [0.2, 0.25) is 0 Å². The smallest absolute Gasteiger partial charge is 0.475 e. The molecule has 0 amide bonds. The van der Waals surface area contributed by atoms with E-state index in [2.05, 4.69) is 0 Å². The third-order valence-corrected chi connectivity index (χ3v) is 4.72. The summed E-state index contributed by atoms with van der Waals surface area (Å²) in [6, 6.07) is 9.47. The van der Waals surface area contributed by atoms with Gasteiger partial charge in [-0.1, -0.05) is 30.3 Å². The number of carbonyl (C=O) groups excluding carboxylic acids is 1. The van der Waals surface area contributed by atoms with Crippen LogP contribution in [0.15, 0.2) is 30.3 Å². The van der Waals surface area contributed by atoms with E-state index >= 15 is 0 Å². The van der Waals surface area contributed by atoms with Crippen LogP contribution in [-0.4, -0.2) is 67.3 Å². The molecular weight excluding hydrogens is 439 g/mol. The van der Waals surface area contributed by atoms with Crippen molar-refractivity contribution in [2.24, 2.45) is 11.7 Å². The van der Waals surface area contributed by atoms with Gasteiger partial charge in [-0.25, -0.2) is 4.79 Å². The highest BCUT2D eigenvalue weighted by Crippen LogP contribution is 2.40. The molecule has 12 heteroatoms. The van der Waals surface area contributed by atoms with Crippen LogP contribution in [0.1, 0.15) is 19.4 Å². The summed E-state index contributed by atoms with van der Waals surface area (Å²) >= 11 is 0. The number of nitrogens with two attached hydrogens (primary N) is 1. The van der Waals surface area contributed by atoms with Crippen molar-refractivity contribution in [2.75, 3.05) is 13.7 Å². The second-order valence-corrected chi connectivity index (χ2v) is 7.51. The van der Waals surface area contributed by atoms with Crippen LogP contribution < -0.4 is 5.73 Å². The number of hydrogen-bond acceptors (Lipinski definition) is 8. The van der Waals surface area contributed by atoms with E-state index in [0.717, 1.165) is 5.56 Å². The first-order valence-electron chi connectivity index (χ1n) is 9.64. The van der Waals surface area contributed by atoms with E-state index in [0.29, 0.717) is 0 Å². The quantitative estimate of drug-likeness (QED) is 0.605. The summed E-state index contributed by atoms with van der Waals surface area (Å²) in [6.07, 6.45) is -7.10. The number of rotatable bonds is 6. The van der Waals surface area contributed by atoms with Gasteiger partial charge in [0.1, 0.15) is 24.9 Å². The lowest BCUT2D eigenvalue weighted by Crippen LogP contribution is -2.45. The van der Waals surface area contributed by atoms with Crippen molar-refractivity contribution in [3.8, 4) is 0 Å². The van der Waals surface area contributed by atoms with Crippen molar-refractivity contribution in [3.05, 3.63) is 35.9 Å². The molecule has 0 unspecified atom stereocenters. The molecule has 1 aromatic rings. The highest BCUT2D eigenvalue weighted by atomic mass is 19.4. The van der Waals surface area contributed by atoms with Crippen LogP contribution in [-0.2, 0) is 39.9 Å². The number of ether oxygens (including phenoxy) is 5. The Morgan fingerprint density at radius 3 is 2.31 bits per heavy atom. The Morgan fingerprint density at radius 2 is 1.81 bits per heavy atom. The lowest BCUT2D eigenvalue weighted by Gasteiger charge is -2.28. The Labute approximate surface area is 182 Å². The van der Waals surface area contributed by atoms with Crippen LogP contribution >= 0.6 is 0 Å². The lowest BCUT2D eigenvalue weighted by atomic mass is 9.96. The molecule has 9 nitrogen and oxygen atoms in total. The van der Waals surface area contributed by atoms with Gasteiger partial charge in [-0.3, -0.25) is 4.79 Å². The van der Waals surface area contributed by atoms with E-state index in [9.17, 15) is 18.0 Å². The molecule has 2 heterocycles. The second-order valence-electron chi connectivity index (χ2n) is 7.51. The van der Waals surface area contributed by atoms with E-state index in [1.54, 1.807) is 7.11 Å². The number of hydrogen-bond donors (Lipinski definition) is 2. The summed E-state index contributed by atoms with van der Waals surface area (Å²) in [5.74, 6) is -4.58. The van der Waals surface area contributed by atoms with Crippen molar-refractivity contribution in [3.63, 3.8) is 0 Å². The minimum atomic E-state index is -5.08. The topological polar surface area (TPSA) is 127 Å². The van der Waals surface area contributed by atoms with Crippen LogP contribution in [0.5, 0.6) is 0 Å². The molecule has 1 aromatic carbocycles. The van der Waals surface area contributed by atoms with Crippen molar-refractivity contribution < 1.29 is 51.6 Å². The van der Waals surface area contributed by atoms with Gasteiger partial charge in [0.05, 0.1) is 5.92 Å². The third kappa shape index (κ3) is 6.62. The summed E-state index contributed by atoms with van der Waals surface area (Å²) in [5, 5.41) is 7.12. The Kier molecular flexibility index (Phi) is 8.60. The summed E-state index contributed by atoms with van der Waals surface area (Å²) in [5.41, 5.74) is 6.73. The largest absolute Gasteiger partial charge is 0.490 e. The zero-order valence-corrected chi connectivity index (χ0v) is 17.7. The molecular formula is C20H26F3NO8. The minimum Gasteiger partial charge on any atom is -0.475 e. The number of alkyl halides is 3. The number of carboxylic acids is 1. The van der Waals surface area contributed by atoms with Crippen molar-refractivity contribution in [1.82, 2.24) is 0 Å². The average Bonchev–Trinajstić information content (AvgIpc) is 3.18. The number of carboxylic acid groups (broad SMARTS) is 1. The number of halogens is 3. The first kappa shape index (κ1) is 26.0. The molecule has 0 bridgehead atoms. The molecule has 0 spiro atoms. The summed E-state index contributed by atoms with van der Waals surface area (Å²) in [7, 11) is 1.56. The second kappa shape index (κ2) is 10.6. The van der Waals surface area contributed by atoms with Gasteiger partial charge in [0.25, 0.3) is 0 Å². The first-order chi connectivity index (χ1) is 14.9. The molecule has 0 aromatic heterocycles. The molecule has 3 rings (SSSR count). The number of esters is 1. The molecule has 0 saturated carbocycles. The molecule has 2 aliphatic rings. The molecule has 2 fully saturated rings. The highest BCUT2D eigenvalue weighted by Gasteiger charge is 2.57. The van der Waals surface area contributed by atoms with E-state index in [1.165, 1.54) is 0 Å². The monoisotopic (exact) mass is 465 g/mol. The van der Waals surface area contributed by atoms with Crippen LogP contribution in [0.25, 0.3) is 0 Å². The van der Waals surface area contributed by atoms with Gasteiger partial charge < -0.3 is 34.5 Å². The summed E-state index contributed by atoms with van der Waals surface area (Å²) in [4.78, 5) is 21.4. The number of fused-ring (bicyclic) bond motifs is 1. The zero-order valence-electron chi connectivity index (χ0n) is 17.7. The van der Waals surface area contributed by atoms with E-state index in [4.69, 9.17) is 39.3 Å². The lowest BCUT2D eigenvalue weighted by molar-refractivity contribution is -0.223. The van der Waals surface area contributed by atoms with E-state index in [-0.39, 0.29) is 13.2 Å². The van der Waals surface area contributed by atoms with Crippen molar-refractivity contribution in [1.29, 1.82) is 0 Å². The first-order valence-corrected chi connectivity index (χ1v) is 9.64. The van der Waals surface area contributed by atoms with E-state index in [1.807, 2.05) is 44.2 Å². The van der Waals surface area contributed by atoms with Crippen molar-refractivity contribution in [2.45, 2.75) is 57.0 Å². The molecule has 180 valence electrons. The van der Waals surface area contributed by atoms with Gasteiger partial charge in [-0.15, -0.1) is 0 Å². The fourth-order valence-corrected chi connectivity index (χ4v) is 3.30. The predicted octanol–water partition coefficient (Wildman–Crippen LogP) is 1.83. The van der Waals surface area contributed by atoms with Gasteiger partial charge >= 0.3 is 18.1 Å². The van der Waals surface area contributed by atoms with Crippen LogP contribution in [0.4, 0.5) is 13.2 Å². The Bertz CT molecular complexity index is 774. The SMILES string of the molecule is CO[C@@H]1[C@H]2OC(C)(C)O[C@H]2O[C@@H]1[C@@H](CN)C(=O)OCc1ccccc1.O=C(O)C(F)(F)F. The molecule has 32 heavy (non-hydrogen) atoms. The Balaban J connectivity index is 0.000000451. The molecule has 2 aliphatic heterocycles. The minimum absolute atomic E-state index is 0.0843. The molecule has 3 N–H and O–H groups in total. The maximum absolute atomic E-state index is 12.5. The third-order valence-electron chi connectivity index (χ3n) is 4.72. The van der Waals surface area contributed by atoms with Crippen molar-refractivity contribution >= 4 is 11.9 Å². The standard InChI is InChI=1S/C18H25NO6.C2HF3O2/c1-18(2)24-15-14(21-3)13(23-17(15)25-18)12(9-19)16(20)22-10-11-7-5-4-6-8-11;3-2(4,5)1(6)7/h4-8,12-15,17H,9-10,19H2,1-3H3;(H,6,7)/t12-,13-,14+,15-,17-;/m1./s1. The number of carbonyl (C=O) groups is 2. The van der Waals surface area contributed by atoms with Gasteiger partial charge in [-0.2, -0.15) is 13.2 Å². The molecule has 0 radical (unpaired) electrons. The average molecular weight is 465 g/mol. The molecule has 0 aliphatic carbocycles. The zero-order chi connectivity index (χ0) is 24.1. The fourth-order valence-electron chi connectivity index (χ4n) is 3.30. The number of methoxy groups -OCH3 is 1. The molecule has 2 saturated heterocycles. The predicted molar refractivity (Wildman–Crippen MR) is 102 cm³/mol. The fraction of sp³-hybridized carbons (Fsp3) is 0.600. The maximum atomic E-state index is 12.5. The van der Waals surface area contributed by atoms with E-state index < -0.39 is 54.4 Å². The Morgan fingerprint density at radius 1 is 1.22 bits per heavy atom. The summed E-state index contributed by atoms with van der Waals surface area (Å²) in [6.45, 7) is 3.89. The molecule has 5 atom stereocenters. The normalized spacial score (nSPS) is 27.1. The van der Waals surface area contributed by atoms with Gasteiger partial charge in [0.15, 0.2) is 12.1 Å². The highest BCUT2D eigenvalue weighted by molar-refractivity contribution is 5.74.